The molecule has 1 saturated heterocycles. The fourth-order valence-electron chi connectivity index (χ4n) is 4.29. The minimum absolute atomic E-state index is 0.0304. The van der Waals surface area contributed by atoms with Gasteiger partial charge in [-0.2, -0.15) is 0 Å². The van der Waals surface area contributed by atoms with Crippen LogP contribution in [0.5, 0.6) is 11.5 Å². The topological polar surface area (TPSA) is 91.9 Å². The van der Waals surface area contributed by atoms with E-state index in [9.17, 15) is 14.4 Å². The largest absolute Gasteiger partial charge is 0.493 e. The van der Waals surface area contributed by atoms with E-state index in [0.29, 0.717) is 60.9 Å². The standard InChI is InChI=1S/C24H31N3O5/c1-6-18-22(16(3)28)15(2)25-23(18)19(29)14-26-9-11-27(12-10-26)24(30)17-7-8-20(31-4)21(13-17)32-5/h7-8,13,25H,6,9-12,14H2,1-5H3. The monoisotopic (exact) mass is 441 g/mol. The second-order valence-corrected chi connectivity index (χ2v) is 7.95. The lowest BCUT2D eigenvalue weighted by Crippen LogP contribution is -2.50. The lowest BCUT2D eigenvalue weighted by molar-refractivity contribution is 0.0623. The van der Waals surface area contributed by atoms with Gasteiger partial charge in [0.15, 0.2) is 23.1 Å². The number of hydrogen-bond donors (Lipinski definition) is 1. The molecule has 0 spiro atoms. The number of aryl methyl sites for hydroxylation is 1. The third-order valence-electron chi connectivity index (χ3n) is 5.93. The zero-order valence-electron chi connectivity index (χ0n) is 19.4. The van der Waals surface area contributed by atoms with Crippen molar-refractivity contribution >= 4 is 17.5 Å². The van der Waals surface area contributed by atoms with E-state index in [-0.39, 0.29) is 24.0 Å². The molecule has 0 atom stereocenters. The number of amides is 1. The molecule has 0 unspecified atom stereocenters. The number of carbonyl (C=O) groups is 3. The Morgan fingerprint density at radius 3 is 2.25 bits per heavy atom. The molecule has 8 nitrogen and oxygen atoms in total. The van der Waals surface area contributed by atoms with E-state index in [2.05, 4.69) is 4.98 Å². The van der Waals surface area contributed by atoms with Gasteiger partial charge in [0.2, 0.25) is 0 Å². The number of ketones is 2. The van der Waals surface area contributed by atoms with E-state index < -0.39 is 0 Å². The summed E-state index contributed by atoms with van der Waals surface area (Å²) in [5.41, 5.74) is 3.23. The number of hydrogen-bond acceptors (Lipinski definition) is 6. The first-order valence-corrected chi connectivity index (χ1v) is 10.8. The van der Waals surface area contributed by atoms with Crippen LogP contribution in [0.4, 0.5) is 0 Å². The van der Waals surface area contributed by atoms with Crippen LogP contribution in [-0.4, -0.2) is 79.2 Å². The van der Waals surface area contributed by atoms with Crippen molar-refractivity contribution in [3.8, 4) is 11.5 Å². The maximum Gasteiger partial charge on any atom is 0.254 e. The zero-order chi connectivity index (χ0) is 23.4. The van der Waals surface area contributed by atoms with Gasteiger partial charge in [0.25, 0.3) is 5.91 Å². The zero-order valence-corrected chi connectivity index (χ0v) is 19.4. The smallest absolute Gasteiger partial charge is 0.254 e. The maximum absolute atomic E-state index is 13.0. The van der Waals surface area contributed by atoms with Gasteiger partial charge in [0.05, 0.1) is 26.5 Å². The summed E-state index contributed by atoms with van der Waals surface area (Å²) in [6.07, 6.45) is 0.619. The molecule has 1 fully saturated rings. The van der Waals surface area contributed by atoms with E-state index in [0.717, 1.165) is 11.3 Å². The number of benzene rings is 1. The quantitative estimate of drug-likeness (QED) is 0.634. The first-order valence-electron chi connectivity index (χ1n) is 10.8. The molecule has 1 N–H and O–H groups in total. The van der Waals surface area contributed by atoms with Gasteiger partial charge in [-0.3, -0.25) is 19.3 Å². The van der Waals surface area contributed by atoms with Gasteiger partial charge in [-0.25, -0.2) is 0 Å². The normalized spacial score (nSPS) is 14.3. The predicted octanol–water partition coefficient (Wildman–Crippen LogP) is 2.75. The first-order chi connectivity index (χ1) is 15.3. The summed E-state index contributed by atoms with van der Waals surface area (Å²) in [5, 5.41) is 0. The molecule has 0 radical (unpaired) electrons. The molecule has 1 aliphatic heterocycles. The highest BCUT2D eigenvalue weighted by Gasteiger charge is 2.27. The summed E-state index contributed by atoms with van der Waals surface area (Å²) in [6.45, 7) is 7.82. The molecular weight excluding hydrogens is 410 g/mol. The Hall–Kier alpha value is -3.13. The highest BCUT2D eigenvalue weighted by Crippen LogP contribution is 2.28. The van der Waals surface area contributed by atoms with Crippen molar-refractivity contribution in [1.82, 2.24) is 14.8 Å². The maximum atomic E-state index is 13.0. The molecule has 3 rings (SSSR count). The Morgan fingerprint density at radius 1 is 1.03 bits per heavy atom. The van der Waals surface area contributed by atoms with Gasteiger partial charge in [0.1, 0.15) is 0 Å². The lowest BCUT2D eigenvalue weighted by atomic mass is 10.0. The van der Waals surface area contributed by atoms with Crippen LogP contribution in [0.15, 0.2) is 18.2 Å². The highest BCUT2D eigenvalue weighted by molar-refractivity contribution is 6.04. The minimum atomic E-state index is -0.0729. The fraction of sp³-hybridized carbons (Fsp3) is 0.458. The molecule has 0 aliphatic carbocycles. The Morgan fingerprint density at radius 2 is 1.69 bits per heavy atom. The fourth-order valence-corrected chi connectivity index (χ4v) is 4.29. The number of aromatic amines is 1. The Labute approximate surface area is 188 Å². The highest BCUT2D eigenvalue weighted by atomic mass is 16.5. The van der Waals surface area contributed by atoms with E-state index in [4.69, 9.17) is 9.47 Å². The third-order valence-corrected chi connectivity index (χ3v) is 5.93. The van der Waals surface area contributed by atoms with Gasteiger partial charge < -0.3 is 19.4 Å². The van der Waals surface area contributed by atoms with Crippen molar-refractivity contribution < 1.29 is 23.9 Å². The van der Waals surface area contributed by atoms with Gasteiger partial charge in [-0.1, -0.05) is 6.92 Å². The molecule has 1 amide bonds. The van der Waals surface area contributed by atoms with E-state index >= 15 is 0 Å². The van der Waals surface area contributed by atoms with Crippen molar-refractivity contribution in [1.29, 1.82) is 0 Å². The summed E-state index contributed by atoms with van der Waals surface area (Å²) in [4.78, 5) is 44.8. The van der Waals surface area contributed by atoms with Crippen molar-refractivity contribution in [2.24, 2.45) is 0 Å². The summed E-state index contributed by atoms with van der Waals surface area (Å²) in [7, 11) is 3.09. The van der Waals surface area contributed by atoms with Gasteiger partial charge in [-0.05, 0) is 44.0 Å². The minimum Gasteiger partial charge on any atom is -0.493 e. The Bertz CT molecular complexity index is 1020. The second kappa shape index (κ2) is 9.99. The van der Waals surface area contributed by atoms with Crippen LogP contribution in [0.2, 0.25) is 0 Å². The second-order valence-electron chi connectivity index (χ2n) is 7.95. The molecule has 2 heterocycles. The van der Waals surface area contributed by atoms with Crippen LogP contribution >= 0.6 is 0 Å². The van der Waals surface area contributed by atoms with Crippen LogP contribution in [0, 0.1) is 6.92 Å². The van der Waals surface area contributed by atoms with Crippen molar-refractivity contribution in [3.05, 3.63) is 46.3 Å². The van der Waals surface area contributed by atoms with Crippen LogP contribution in [0.25, 0.3) is 0 Å². The van der Waals surface area contributed by atoms with E-state index in [1.807, 2.05) is 18.7 Å². The van der Waals surface area contributed by atoms with Crippen LogP contribution < -0.4 is 9.47 Å². The Balaban J connectivity index is 1.63. The molecule has 8 heteroatoms. The average Bonchev–Trinajstić information content (AvgIpc) is 3.15. The van der Waals surface area contributed by atoms with Crippen molar-refractivity contribution in [3.63, 3.8) is 0 Å². The molecule has 1 aromatic carbocycles. The first kappa shape index (κ1) is 23.5. The number of nitrogens with one attached hydrogen (secondary N) is 1. The summed E-state index contributed by atoms with van der Waals surface area (Å²) in [5.74, 6) is 0.956. The van der Waals surface area contributed by atoms with Gasteiger partial charge in [-0.15, -0.1) is 0 Å². The van der Waals surface area contributed by atoms with E-state index in [1.165, 1.54) is 14.0 Å². The predicted molar refractivity (Wildman–Crippen MR) is 121 cm³/mol. The number of carbonyl (C=O) groups excluding carboxylic acids is 3. The molecule has 2 aromatic rings. The van der Waals surface area contributed by atoms with Crippen LogP contribution in [0.3, 0.4) is 0 Å². The lowest BCUT2D eigenvalue weighted by Gasteiger charge is -2.34. The van der Waals surface area contributed by atoms with Crippen LogP contribution in [0.1, 0.15) is 56.3 Å². The van der Waals surface area contributed by atoms with Gasteiger partial charge in [0, 0.05) is 43.0 Å². The molecule has 1 aromatic heterocycles. The van der Waals surface area contributed by atoms with Crippen LogP contribution in [-0.2, 0) is 6.42 Å². The van der Waals surface area contributed by atoms with Gasteiger partial charge >= 0.3 is 0 Å². The summed E-state index contributed by atoms with van der Waals surface area (Å²) in [6, 6.07) is 5.13. The molecular formula is C24H31N3O5. The number of piperazine rings is 1. The molecule has 0 saturated carbocycles. The summed E-state index contributed by atoms with van der Waals surface area (Å²) < 4.78 is 10.5. The molecule has 1 aliphatic rings. The summed E-state index contributed by atoms with van der Waals surface area (Å²) >= 11 is 0. The number of ether oxygens (including phenoxy) is 2. The average molecular weight is 442 g/mol. The number of Topliss-reactive ketones (excluding diaryl/α,β-unsaturated/α-hetero) is 2. The Kier molecular flexibility index (Phi) is 7.35. The number of rotatable bonds is 8. The van der Waals surface area contributed by atoms with Crippen molar-refractivity contribution in [2.45, 2.75) is 27.2 Å². The number of nitrogens with zero attached hydrogens (tertiary/aromatic N) is 2. The third kappa shape index (κ3) is 4.70. The molecule has 32 heavy (non-hydrogen) atoms. The number of methoxy groups -OCH3 is 2. The number of H-pyrrole nitrogens is 1. The molecule has 172 valence electrons. The van der Waals surface area contributed by atoms with Crippen molar-refractivity contribution in [2.75, 3.05) is 46.9 Å². The number of aromatic nitrogens is 1. The molecule has 0 bridgehead atoms. The van der Waals surface area contributed by atoms with E-state index in [1.54, 1.807) is 30.2 Å². The SMILES string of the molecule is CCc1c(C(=O)CN2CCN(C(=O)c3ccc(OC)c(OC)c3)CC2)[nH]c(C)c1C(C)=O.